The van der Waals surface area contributed by atoms with E-state index in [-0.39, 0.29) is 30.9 Å². The molecule has 0 aromatic carbocycles. The van der Waals surface area contributed by atoms with Gasteiger partial charge in [-0.25, -0.2) is 0 Å². The zero-order chi connectivity index (χ0) is 66.7. The maximum atomic E-state index is 14.8. The van der Waals surface area contributed by atoms with Crippen LogP contribution in [0, 0.1) is 17.8 Å². The number of ether oxygens (including phenoxy) is 1. The molecule has 88 heavy (non-hydrogen) atoms. The number of hydrogen-bond acceptors (Lipinski definition) is 16. The van der Waals surface area contributed by atoms with Crippen molar-refractivity contribution in [2.45, 2.75) is 251 Å². The van der Waals surface area contributed by atoms with Gasteiger partial charge in [-0.2, -0.15) is 0 Å². The topological polar surface area (TPSA) is 426 Å². The fraction of sp³-hybridized carbons (Fsp3) is 0.750. The number of likely N-dealkylation sites (N-methyl/N-ethyl adjacent to an activating group) is 1. The van der Waals surface area contributed by atoms with Gasteiger partial charge < -0.3 is 78.8 Å². The molecule has 0 aliphatic carbocycles. The highest BCUT2D eigenvalue weighted by atomic mass is 16.5. The van der Waals surface area contributed by atoms with E-state index in [1.54, 1.807) is 34.6 Å². The van der Waals surface area contributed by atoms with Crippen LogP contribution in [0.2, 0.25) is 0 Å². The van der Waals surface area contributed by atoms with Crippen LogP contribution in [-0.2, 0) is 67.1 Å². The first-order chi connectivity index (χ1) is 41.3. The molecule has 0 unspecified atom stereocenters. The summed E-state index contributed by atoms with van der Waals surface area (Å²) in [7, 11) is 2.41. The molecule has 12 amide bonds. The van der Waals surface area contributed by atoms with Crippen molar-refractivity contribution in [2.24, 2.45) is 29.2 Å². The first-order valence-electron chi connectivity index (χ1n) is 31.0. The summed E-state index contributed by atoms with van der Waals surface area (Å²) in [5.41, 5.74) is 10.7. The maximum Gasteiger partial charge on any atom is 0.268 e. The number of unbranched alkanes of at least 4 members (excludes halogenated alkanes) is 7. The second-order valence-electron chi connectivity index (χ2n) is 24.0. The number of ketones is 1. The number of hydrogen-bond donors (Lipinski definition) is 12. The number of methoxy groups -OCH3 is 1. The number of aliphatic hydroxyl groups is 2. The number of allylic oxidation sites excluding steroid dienone is 1. The third-order valence-corrected chi connectivity index (χ3v) is 16.1. The van der Waals surface area contributed by atoms with E-state index in [0.717, 1.165) is 68.1 Å². The lowest BCUT2D eigenvalue weighted by Crippen LogP contribution is -2.63. The van der Waals surface area contributed by atoms with Gasteiger partial charge in [-0.15, -0.1) is 0 Å². The summed E-state index contributed by atoms with van der Waals surface area (Å²) < 4.78 is 5.45. The molecule has 0 saturated carbocycles. The molecule has 28 nitrogen and oxygen atoms in total. The molecule has 2 rings (SSSR count). The fourth-order valence-electron chi connectivity index (χ4n) is 10.5. The number of carbonyl (C=O) groups is 13. The van der Waals surface area contributed by atoms with Crippen LogP contribution in [0.3, 0.4) is 0 Å². The fourth-order valence-corrected chi connectivity index (χ4v) is 10.5. The summed E-state index contributed by atoms with van der Waals surface area (Å²) in [6.07, 6.45) is 4.55. The van der Waals surface area contributed by atoms with E-state index in [1.807, 2.05) is 6.92 Å². The van der Waals surface area contributed by atoms with E-state index >= 15 is 0 Å². The van der Waals surface area contributed by atoms with Gasteiger partial charge in [0, 0.05) is 40.0 Å². The molecule has 2 fully saturated rings. The first-order valence-corrected chi connectivity index (χ1v) is 31.0. The lowest BCUT2D eigenvalue weighted by molar-refractivity contribution is -0.151. The van der Waals surface area contributed by atoms with Crippen LogP contribution in [-0.4, -0.2) is 190 Å². The number of aliphatic hydroxyl groups excluding tert-OH is 2. The molecule has 498 valence electrons. The van der Waals surface area contributed by atoms with Crippen molar-refractivity contribution in [3.05, 3.63) is 11.8 Å². The molecule has 0 aromatic heterocycles. The number of amides is 12. The van der Waals surface area contributed by atoms with Gasteiger partial charge in [0.15, 0.2) is 6.10 Å². The summed E-state index contributed by atoms with van der Waals surface area (Å²) in [4.78, 5) is 181. The minimum atomic E-state index is -2.01. The molecule has 0 radical (unpaired) electrons. The van der Waals surface area contributed by atoms with Gasteiger partial charge >= 0.3 is 0 Å². The summed E-state index contributed by atoms with van der Waals surface area (Å²) in [6.45, 7) is 15.2. The molecule has 2 aliphatic heterocycles. The van der Waals surface area contributed by atoms with Crippen LogP contribution < -0.4 is 54.0 Å². The molecule has 2 aliphatic rings. The van der Waals surface area contributed by atoms with Crippen LogP contribution >= 0.6 is 0 Å². The van der Waals surface area contributed by atoms with Gasteiger partial charge in [0.2, 0.25) is 59.1 Å². The Kier molecular flexibility index (Phi) is 33.6. The molecule has 0 spiro atoms. The predicted molar refractivity (Wildman–Crippen MR) is 324 cm³/mol. The molecular formula is C60H102N12O16. The maximum absolute atomic E-state index is 14.8. The Morgan fingerprint density at radius 2 is 1.20 bits per heavy atom. The summed E-state index contributed by atoms with van der Waals surface area (Å²) >= 11 is 0. The lowest BCUT2D eigenvalue weighted by atomic mass is 9.90. The number of carbonyl (C=O) groups excluding carboxylic acids is 13. The molecule has 2 saturated heterocycles. The van der Waals surface area contributed by atoms with E-state index in [1.165, 1.54) is 41.0 Å². The normalized spacial score (nSPS) is 26.5. The Labute approximate surface area is 517 Å². The van der Waals surface area contributed by atoms with E-state index < -0.39 is 181 Å². The molecule has 13 atom stereocenters. The van der Waals surface area contributed by atoms with Gasteiger partial charge in [-0.1, -0.05) is 92.6 Å². The standard InChI is InChI=1S/C60H102N12O16/c1-13-24-38(74)26-22-20-18-16-15-17-19-21-25-34(7)47-50(77)58(85)67-45(32(3)4)55(82)64-39(14-2)52(79)66-46(33(5)6)56(83)69-48(36(9)73)57(84)65-40(28-29-43(61)75)53(80)63-35(8)51(78)70-49(37(10)88-12)60(87)71(11)42(31-44(62)76)59(86)72-30-23-27-41(72)54(81)68-47/h14,32-37,40-42,45-50,73,77H,13,15-31H2,1-12H3,(H2,61,75)(H2,62,76)(H,63,80)(H,64,82)(H,65,84)(H,66,79)(H,67,85)(H,68,81)(H,69,83)(H,70,78)/b39-14+/t34-,35+,36+,37+,40-,41-,42-,45-,46-,47+,48-,49-,50+/m0/s1. The van der Waals surface area contributed by atoms with E-state index in [0.29, 0.717) is 25.7 Å². The second-order valence-corrected chi connectivity index (χ2v) is 24.0. The molecule has 2 heterocycles. The zero-order valence-corrected chi connectivity index (χ0v) is 53.6. The van der Waals surface area contributed by atoms with Crippen LogP contribution in [0.25, 0.3) is 0 Å². The highest BCUT2D eigenvalue weighted by Gasteiger charge is 2.45. The largest absolute Gasteiger partial charge is 0.391 e. The van der Waals surface area contributed by atoms with Crippen LogP contribution in [0.15, 0.2) is 11.8 Å². The number of nitrogens with one attached hydrogen (secondary N) is 8. The summed E-state index contributed by atoms with van der Waals surface area (Å²) in [6, 6.07) is -13.7. The second kappa shape index (κ2) is 38.4. The van der Waals surface area contributed by atoms with Crippen LogP contribution in [0.5, 0.6) is 0 Å². The van der Waals surface area contributed by atoms with Gasteiger partial charge in [0.1, 0.15) is 59.8 Å². The van der Waals surface area contributed by atoms with Crippen molar-refractivity contribution in [3.63, 3.8) is 0 Å². The quantitative estimate of drug-likeness (QED) is 0.0424. The molecule has 0 bridgehead atoms. The molecule has 28 heteroatoms. The Morgan fingerprint density at radius 1 is 0.648 bits per heavy atom. The number of rotatable bonds is 24. The van der Waals surface area contributed by atoms with Crippen molar-refractivity contribution in [1.29, 1.82) is 0 Å². The number of nitrogens with two attached hydrogens (primary N) is 2. The Hall–Kier alpha value is -7.07. The third kappa shape index (κ3) is 24.5. The van der Waals surface area contributed by atoms with Crippen LogP contribution in [0.4, 0.5) is 0 Å². The minimum Gasteiger partial charge on any atom is -0.391 e. The van der Waals surface area contributed by atoms with Gasteiger partial charge in [-0.3, -0.25) is 62.3 Å². The van der Waals surface area contributed by atoms with E-state index in [2.05, 4.69) is 42.5 Å². The zero-order valence-electron chi connectivity index (χ0n) is 53.6. The van der Waals surface area contributed by atoms with Crippen LogP contribution in [0.1, 0.15) is 178 Å². The summed E-state index contributed by atoms with van der Waals surface area (Å²) in [5, 5.41) is 42.9. The molecular weight excluding hydrogens is 1140 g/mol. The van der Waals surface area contributed by atoms with E-state index in [4.69, 9.17) is 16.2 Å². The molecule has 14 N–H and O–H groups in total. The monoisotopic (exact) mass is 1250 g/mol. The average molecular weight is 1250 g/mol. The van der Waals surface area contributed by atoms with Gasteiger partial charge in [-0.05, 0) is 84.0 Å². The van der Waals surface area contributed by atoms with Crippen molar-refractivity contribution in [3.8, 4) is 0 Å². The number of Topliss-reactive ketones (excluding diaryl/α,β-unsaturated/α-hetero) is 1. The number of primary amides is 2. The van der Waals surface area contributed by atoms with Gasteiger partial charge in [0.25, 0.3) is 11.8 Å². The predicted octanol–water partition coefficient (Wildman–Crippen LogP) is -0.613. The van der Waals surface area contributed by atoms with Crippen molar-refractivity contribution < 1.29 is 77.3 Å². The Balaban J connectivity index is 2.76. The first kappa shape index (κ1) is 77.0. The summed E-state index contributed by atoms with van der Waals surface area (Å²) in [5.74, 6) is -13.4. The SMILES string of the molecule is C/C=C1/NC(=O)[C@H](C(C)C)NC(=O)[C@H](O)[C@@H]([C@@H](C)CCCCCCCCCCC(=O)CCC)NC(=O)[C@@H]2CCCN2C(=O)[C@H](CC(N)=O)N(C)C(=O)[C@H]([C@@H](C)OC)NC(=O)[C@@H](C)NC(=O)[C@H](CCC(N)=O)NC(=O)[C@H]([C@@H](C)O)NC(=O)[C@H](C(C)C)NC1=O. The number of fused-ring (bicyclic) bond motifs is 1. The van der Waals surface area contributed by atoms with Crippen molar-refractivity contribution >= 4 is 76.7 Å². The van der Waals surface area contributed by atoms with E-state index in [9.17, 15) is 72.5 Å². The van der Waals surface area contributed by atoms with Crippen molar-refractivity contribution in [2.75, 3.05) is 20.7 Å². The number of nitrogens with zero attached hydrogens (tertiary/aromatic N) is 2. The minimum absolute atomic E-state index is 0.0385. The highest BCUT2D eigenvalue weighted by Crippen LogP contribution is 2.25. The average Bonchev–Trinajstić information content (AvgIpc) is 1.74. The van der Waals surface area contributed by atoms with Crippen molar-refractivity contribution in [1.82, 2.24) is 52.3 Å². The lowest BCUT2D eigenvalue weighted by Gasteiger charge is -2.36. The molecule has 0 aromatic rings. The smallest absolute Gasteiger partial charge is 0.268 e. The third-order valence-electron chi connectivity index (χ3n) is 16.1. The highest BCUT2D eigenvalue weighted by molar-refractivity contribution is 6.03. The van der Waals surface area contributed by atoms with Gasteiger partial charge in [0.05, 0.1) is 24.7 Å². The Bertz CT molecular complexity index is 2460. The Morgan fingerprint density at radius 3 is 1.75 bits per heavy atom.